The van der Waals surface area contributed by atoms with Gasteiger partial charge in [0, 0.05) is 18.5 Å². The van der Waals surface area contributed by atoms with Crippen LogP contribution in [0, 0.1) is 0 Å². The van der Waals surface area contributed by atoms with Crippen LogP contribution in [0.4, 0.5) is 0 Å². The van der Waals surface area contributed by atoms with Crippen LogP contribution >= 0.6 is 0 Å². The van der Waals surface area contributed by atoms with Crippen molar-refractivity contribution < 1.29 is 4.79 Å². The maximum Gasteiger partial charge on any atom is 0.221 e. The van der Waals surface area contributed by atoms with Crippen molar-refractivity contribution in [1.29, 1.82) is 0 Å². The Kier molecular flexibility index (Phi) is 6.46. The highest BCUT2D eigenvalue weighted by atomic mass is 16.1. The van der Waals surface area contributed by atoms with E-state index in [-0.39, 0.29) is 5.91 Å². The number of rotatable bonds is 7. The van der Waals surface area contributed by atoms with E-state index in [1.165, 1.54) is 25.7 Å². The molecular formula is C13H26N2O. The Hall–Kier alpha value is -0.570. The van der Waals surface area contributed by atoms with Crippen molar-refractivity contribution in [3.8, 4) is 0 Å². The summed E-state index contributed by atoms with van der Waals surface area (Å²) < 4.78 is 0. The largest absolute Gasteiger partial charge is 0.354 e. The van der Waals surface area contributed by atoms with Crippen LogP contribution in [0.1, 0.15) is 58.8 Å². The number of carbonyl (C=O) groups is 1. The molecule has 1 aliphatic rings. The Morgan fingerprint density at radius 2 is 2.31 bits per heavy atom. The Balaban J connectivity index is 2.07. The van der Waals surface area contributed by atoms with Crippen molar-refractivity contribution in [3.05, 3.63) is 0 Å². The summed E-state index contributed by atoms with van der Waals surface area (Å²) in [6.07, 6.45) is 7.86. The van der Waals surface area contributed by atoms with E-state index in [4.69, 9.17) is 0 Å². The molecule has 0 radical (unpaired) electrons. The van der Waals surface area contributed by atoms with E-state index in [9.17, 15) is 4.79 Å². The smallest absolute Gasteiger partial charge is 0.221 e. The van der Waals surface area contributed by atoms with Gasteiger partial charge in [-0.2, -0.15) is 0 Å². The fourth-order valence-corrected chi connectivity index (χ4v) is 2.26. The van der Waals surface area contributed by atoms with Crippen LogP contribution in [0.25, 0.3) is 0 Å². The van der Waals surface area contributed by atoms with E-state index >= 15 is 0 Å². The minimum atomic E-state index is 0.211. The number of amides is 1. The second kappa shape index (κ2) is 7.66. The molecule has 1 fully saturated rings. The third kappa shape index (κ3) is 5.50. The van der Waals surface area contributed by atoms with Gasteiger partial charge in [0.1, 0.15) is 0 Å². The third-order valence-corrected chi connectivity index (χ3v) is 3.24. The first-order valence-corrected chi connectivity index (χ1v) is 6.75. The minimum Gasteiger partial charge on any atom is -0.354 e. The molecule has 0 aliphatic carbocycles. The molecule has 94 valence electrons. The lowest BCUT2D eigenvalue weighted by molar-refractivity contribution is -0.122. The van der Waals surface area contributed by atoms with Gasteiger partial charge in [-0.3, -0.25) is 4.79 Å². The van der Waals surface area contributed by atoms with Crippen molar-refractivity contribution in [2.75, 3.05) is 6.54 Å². The fourth-order valence-electron chi connectivity index (χ4n) is 2.26. The third-order valence-electron chi connectivity index (χ3n) is 3.24. The molecule has 1 rings (SSSR count). The van der Waals surface area contributed by atoms with E-state index in [1.807, 2.05) is 0 Å². The Bertz CT molecular complexity index is 200. The van der Waals surface area contributed by atoms with Crippen molar-refractivity contribution in [3.63, 3.8) is 0 Å². The molecular weight excluding hydrogens is 200 g/mol. The van der Waals surface area contributed by atoms with Crippen molar-refractivity contribution in [2.45, 2.75) is 70.9 Å². The lowest BCUT2D eigenvalue weighted by Crippen LogP contribution is -2.36. The van der Waals surface area contributed by atoms with Crippen LogP contribution in [0.3, 0.4) is 0 Å². The zero-order valence-electron chi connectivity index (χ0n) is 10.7. The molecule has 1 amide bonds. The summed E-state index contributed by atoms with van der Waals surface area (Å²) in [7, 11) is 0. The lowest BCUT2D eigenvalue weighted by atomic mass is 10.1. The van der Waals surface area contributed by atoms with E-state index in [1.54, 1.807) is 0 Å². The SMILES string of the molecule is CCCCCC(C)NC(=O)CC1CCCN1. The summed E-state index contributed by atoms with van der Waals surface area (Å²) in [5.41, 5.74) is 0. The van der Waals surface area contributed by atoms with Crippen molar-refractivity contribution >= 4 is 5.91 Å². The highest BCUT2D eigenvalue weighted by Gasteiger charge is 2.18. The van der Waals surface area contributed by atoms with Gasteiger partial charge in [-0.1, -0.05) is 26.2 Å². The second-order valence-electron chi connectivity index (χ2n) is 4.96. The number of carbonyl (C=O) groups excluding carboxylic acids is 1. The molecule has 0 saturated carbocycles. The fraction of sp³-hybridized carbons (Fsp3) is 0.923. The van der Waals surface area contributed by atoms with Crippen LogP contribution in [0.5, 0.6) is 0 Å². The van der Waals surface area contributed by atoms with Gasteiger partial charge >= 0.3 is 0 Å². The molecule has 1 aliphatic heterocycles. The van der Waals surface area contributed by atoms with E-state index in [0.29, 0.717) is 18.5 Å². The molecule has 0 spiro atoms. The summed E-state index contributed by atoms with van der Waals surface area (Å²) in [5, 5.41) is 6.44. The maximum absolute atomic E-state index is 11.7. The zero-order valence-corrected chi connectivity index (χ0v) is 10.7. The molecule has 0 bridgehead atoms. The van der Waals surface area contributed by atoms with Gasteiger partial charge in [-0.15, -0.1) is 0 Å². The normalized spacial score (nSPS) is 22.0. The van der Waals surface area contributed by atoms with E-state index in [2.05, 4.69) is 24.5 Å². The number of nitrogens with one attached hydrogen (secondary N) is 2. The standard InChI is InChI=1S/C13H26N2O/c1-3-4-5-7-11(2)15-13(16)10-12-8-6-9-14-12/h11-12,14H,3-10H2,1-2H3,(H,15,16). The van der Waals surface area contributed by atoms with Gasteiger partial charge in [0.15, 0.2) is 0 Å². The first-order valence-electron chi connectivity index (χ1n) is 6.75. The van der Waals surface area contributed by atoms with Crippen LogP contribution in [-0.4, -0.2) is 24.5 Å². The molecule has 1 saturated heterocycles. The molecule has 2 N–H and O–H groups in total. The first kappa shape index (κ1) is 13.5. The molecule has 3 nitrogen and oxygen atoms in total. The van der Waals surface area contributed by atoms with Gasteiger partial charge in [0.05, 0.1) is 0 Å². The lowest BCUT2D eigenvalue weighted by Gasteiger charge is -2.15. The summed E-state index contributed by atoms with van der Waals surface area (Å²) in [5.74, 6) is 0.211. The minimum absolute atomic E-state index is 0.211. The Morgan fingerprint density at radius 3 is 2.94 bits per heavy atom. The monoisotopic (exact) mass is 226 g/mol. The van der Waals surface area contributed by atoms with Crippen LogP contribution in [0.15, 0.2) is 0 Å². The molecule has 2 unspecified atom stereocenters. The summed E-state index contributed by atoms with van der Waals surface area (Å²) in [6, 6.07) is 0.753. The molecule has 16 heavy (non-hydrogen) atoms. The molecule has 0 aromatic rings. The molecule has 3 heteroatoms. The van der Waals surface area contributed by atoms with Crippen LogP contribution in [-0.2, 0) is 4.79 Å². The molecule has 0 aromatic carbocycles. The second-order valence-corrected chi connectivity index (χ2v) is 4.96. The highest BCUT2D eigenvalue weighted by molar-refractivity contribution is 5.76. The van der Waals surface area contributed by atoms with Crippen LogP contribution in [0.2, 0.25) is 0 Å². The topological polar surface area (TPSA) is 41.1 Å². The van der Waals surface area contributed by atoms with Crippen LogP contribution < -0.4 is 10.6 Å². The molecule has 0 aromatic heterocycles. The van der Waals surface area contributed by atoms with Crippen molar-refractivity contribution in [1.82, 2.24) is 10.6 Å². The van der Waals surface area contributed by atoms with Gasteiger partial charge in [-0.25, -0.2) is 0 Å². The molecule has 2 atom stereocenters. The predicted molar refractivity (Wildman–Crippen MR) is 67.4 cm³/mol. The molecule has 1 heterocycles. The predicted octanol–water partition coefficient (Wildman–Crippen LogP) is 2.21. The zero-order chi connectivity index (χ0) is 11.8. The average Bonchev–Trinajstić information content (AvgIpc) is 2.70. The van der Waals surface area contributed by atoms with Gasteiger partial charge in [0.2, 0.25) is 5.91 Å². The highest BCUT2D eigenvalue weighted by Crippen LogP contribution is 2.09. The Labute approximate surface area is 99.4 Å². The van der Waals surface area contributed by atoms with Gasteiger partial charge in [0.25, 0.3) is 0 Å². The summed E-state index contributed by atoms with van der Waals surface area (Å²) in [6.45, 7) is 5.38. The average molecular weight is 226 g/mol. The number of unbranched alkanes of at least 4 members (excludes halogenated alkanes) is 2. The first-order chi connectivity index (χ1) is 7.72. The quantitative estimate of drug-likeness (QED) is 0.654. The van der Waals surface area contributed by atoms with E-state index in [0.717, 1.165) is 19.4 Å². The van der Waals surface area contributed by atoms with Gasteiger partial charge < -0.3 is 10.6 Å². The van der Waals surface area contributed by atoms with E-state index < -0.39 is 0 Å². The van der Waals surface area contributed by atoms with Gasteiger partial charge in [-0.05, 0) is 32.7 Å². The summed E-state index contributed by atoms with van der Waals surface area (Å²) in [4.78, 5) is 11.7. The summed E-state index contributed by atoms with van der Waals surface area (Å²) >= 11 is 0. The number of hydrogen-bond acceptors (Lipinski definition) is 2. The number of hydrogen-bond donors (Lipinski definition) is 2. The Morgan fingerprint density at radius 1 is 1.50 bits per heavy atom. The maximum atomic E-state index is 11.7. The van der Waals surface area contributed by atoms with Crippen molar-refractivity contribution in [2.24, 2.45) is 0 Å².